The molecule has 1 heterocycles. The van der Waals surface area contributed by atoms with Gasteiger partial charge in [-0.1, -0.05) is 45.9 Å². The number of para-hydroxylation sites is 1. The molecule has 0 amide bonds. The van der Waals surface area contributed by atoms with E-state index < -0.39 is 0 Å². The SMILES string of the molecule is CC(C)NCc1oc2ccccc2c1COC(C)C(C)C. The fraction of sp³-hybridized carbons (Fsp3) is 0.556. The van der Waals surface area contributed by atoms with E-state index in [1.54, 1.807) is 0 Å². The minimum atomic E-state index is 0.240. The number of rotatable bonds is 7. The van der Waals surface area contributed by atoms with Gasteiger partial charge >= 0.3 is 0 Å². The number of hydrogen-bond donors (Lipinski definition) is 1. The van der Waals surface area contributed by atoms with Crippen molar-refractivity contribution >= 4 is 11.0 Å². The van der Waals surface area contributed by atoms with Crippen LogP contribution in [0.1, 0.15) is 45.9 Å². The van der Waals surface area contributed by atoms with E-state index in [9.17, 15) is 0 Å². The number of nitrogens with one attached hydrogen (secondary N) is 1. The minimum absolute atomic E-state index is 0.240. The lowest BCUT2D eigenvalue weighted by molar-refractivity contribution is 0.0232. The molecule has 2 rings (SSSR count). The Kier molecular flexibility index (Phi) is 5.43. The van der Waals surface area contributed by atoms with Crippen molar-refractivity contribution in [2.45, 2.75) is 59.9 Å². The molecule has 1 aromatic heterocycles. The first kappa shape index (κ1) is 16.1. The molecule has 0 aliphatic carbocycles. The van der Waals surface area contributed by atoms with Gasteiger partial charge in [-0.05, 0) is 18.9 Å². The third-order valence-electron chi connectivity index (χ3n) is 3.88. The van der Waals surface area contributed by atoms with Crippen LogP contribution in [0.3, 0.4) is 0 Å². The van der Waals surface area contributed by atoms with Crippen molar-refractivity contribution < 1.29 is 9.15 Å². The smallest absolute Gasteiger partial charge is 0.134 e. The van der Waals surface area contributed by atoms with Gasteiger partial charge in [-0.2, -0.15) is 0 Å². The molecule has 3 nitrogen and oxygen atoms in total. The number of benzene rings is 1. The highest BCUT2D eigenvalue weighted by Gasteiger charge is 2.16. The molecule has 0 radical (unpaired) electrons. The molecule has 3 heteroatoms. The summed E-state index contributed by atoms with van der Waals surface area (Å²) in [6, 6.07) is 8.61. The van der Waals surface area contributed by atoms with Gasteiger partial charge in [-0.25, -0.2) is 0 Å². The summed E-state index contributed by atoms with van der Waals surface area (Å²) < 4.78 is 12.0. The number of ether oxygens (including phenoxy) is 1. The third-order valence-corrected chi connectivity index (χ3v) is 3.88. The average Bonchev–Trinajstić information content (AvgIpc) is 2.80. The quantitative estimate of drug-likeness (QED) is 0.815. The molecular weight excluding hydrogens is 262 g/mol. The molecule has 2 aromatic rings. The van der Waals surface area contributed by atoms with E-state index in [1.807, 2.05) is 18.2 Å². The summed E-state index contributed by atoms with van der Waals surface area (Å²) in [6.07, 6.45) is 0.240. The van der Waals surface area contributed by atoms with Crippen LogP contribution in [-0.4, -0.2) is 12.1 Å². The van der Waals surface area contributed by atoms with Crippen LogP contribution in [0.25, 0.3) is 11.0 Å². The van der Waals surface area contributed by atoms with E-state index in [0.29, 0.717) is 18.6 Å². The van der Waals surface area contributed by atoms with Crippen molar-refractivity contribution in [2.75, 3.05) is 0 Å². The first-order valence-electron chi connectivity index (χ1n) is 7.83. The Morgan fingerprint density at radius 2 is 1.81 bits per heavy atom. The molecule has 1 aromatic carbocycles. The van der Waals surface area contributed by atoms with Crippen molar-refractivity contribution in [3.05, 3.63) is 35.6 Å². The van der Waals surface area contributed by atoms with Crippen molar-refractivity contribution in [1.82, 2.24) is 5.32 Å². The van der Waals surface area contributed by atoms with Gasteiger partial charge in [0.2, 0.25) is 0 Å². The predicted molar refractivity (Wildman–Crippen MR) is 87.3 cm³/mol. The second-order valence-electron chi connectivity index (χ2n) is 6.30. The summed E-state index contributed by atoms with van der Waals surface area (Å²) in [5.41, 5.74) is 2.11. The molecule has 21 heavy (non-hydrogen) atoms. The second kappa shape index (κ2) is 7.10. The second-order valence-corrected chi connectivity index (χ2v) is 6.30. The Labute approximate surface area is 127 Å². The van der Waals surface area contributed by atoms with Crippen LogP contribution >= 0.6 is 0 Å². The Morgan fingerprint density at radius 1 is 1.10 bits per heavy atom. The van der Waals surface area contributed by atoms with Gasteiger partial charge in [0.25, 0.3) is 0 Å². The summed E-state index contributed by atoms with van der Waals surface area (Å²) in [5.74, 6) is 1.50. The zero-order valence-corrected chi connectivity index (χ0v) is 13.8. The van der Waals surface area contributed by atoms with Crippen LogP contribution in [0.15, 0.2) is 28.7 Å². The normalized spacial score (nSPS) is 13.5. The molecule has 0 bridgehead atoms. The van der Waals surface area contributed by atoms with Crippen LogP contribution in [0, 0.1) is 5.92 Å². The first-order valence-corrected chi connectivity index (χ1v) is 7.83. The number of furan rings is 1. The van der Waals surface area contributed by atoms with Crippen molar-refractivity contribution in [3.8, 4) is 0 Å². The van der Waals surface area contributed by atoms with Gasteiger partial charge in [0, 0.05) is 17.0 Å². The Hall–Kier alpha value is -1.32. The van der Waals surface area contributed by atoms with Gasteiger partial charge in [0.05, 0.1) is 19.3 Å². The van der Waals surface area contributed by atoms with Crippen LogP contribution in [0.5, 0.6) is 0 Å². The van der Waals surface area contributed by atoms with E-state index in [1.165, 1.54) is 5.56 Å². The van der Waals surface area contributed by atoms with Crippen molar-refractivity contribution in [1.29, 1.82) is 0 Å². The molecule has 116 valence electrons. The summed E-state index contributed by atoms with van der Waals surface area (Å²) in [5, 5.41) is 4.59. The van der Waals surface area contributed by atoms with E-state index in [-0.39, 0.29) is 6.10 Å². The van der Waals surface area contributed by atoms with Gasteiger partial charge in [-0.15, -0.1) is 0 Å². The van der Waals surface area contributed by atoms with Gasteiger partial charge < -0.3 is 14.5 Å². The molecule has 1 unspecified atom stereocenters. The molecule has 0 aliphatic rings. The minimum Gasteiger partial charge on any atom is -0.459 e. The lowest BCUT2D eigenvalue weighted by Crippen LogP contribution is -2.22. The molecule has 1 atom stereocenters. The summed E-state index contributed by atoms with van der Waals surface area (Å²) in [4.78, 5) is 0. The molecule has 0 spiro atoms. The zero-order chi connectivity index (χ0) is 15.4. The van der Waals surface area contributed by atoms with E-state index in [4.69, 9.17) is 9.15 Å². The van der Waals surface area contributed by atoms with Crippen LogP contribution in [0.2, 0.25) is 0 Å². The van der Waals surface area contributed by atoms with Crippen LogP contribution in [-0.2, 0) is 17.9 Å². The fourth-order valence-corrected chi connectivity index (χ4v) is 2.15. The van der Waals surface area contributed by atoms with E-state index in [0.717, 1.165) is 23.3 Å². The maximum absolute atomic E-state index is 6.02. The Morgan fingerprint density at radius 3 is 2.48 bits per heavy atom. The Balaban J connectivity index is 2.23. The first-order chi connectivity index (χ1) is 9.99. The molecule has 0 saturated carbocycles. The highest BCUT2D eigenvalue weighted by molar-refractivity contribution is 5.82. The molecule has 0 fully saturated rings. The molecule has 0 saturated heterocycles. The zero-order valence-electron chi connectivity index (χ0n) is 13.8. The highest BCUT2D eigenvalue weighted by atomic mass is 16.5. The standard InChI is InChI=1S/C18H27NO2/c1-12(2)14(5)20-11-16-15-8-6-7-9-17(15)21-18(16)10-19-13(3)4/h6-9,12-14,19H,10-11H2,1-5H3. The van der Waals surface area contributed by atoms with E-state index >= 15 is 0 Å². The van der Waals surface area contributed by atoms with Gasteiger partial charge in [0.15, 0.2) is 0 Å². The summed E-state index contributed by atoms with van der Waals surface area (Å²) >= 11 is 0. The molecule has 1 N–H and O–H groups in total. The number of fused-ring (bicyclic) bond motifs is 1. The van der Waals surface area contributed by atoms with Gasteiger partial charge in [-0.3, -0.25) is 0 Å². The molecular formula is C18H27NO2. The fourth-order valence-electron chi connectivity index (χ4n) is 2.15. The van der Waals surface area contributed by atoms with Gasteiger partial charge in [0.1, 0.15) is 11.3 Å². The van der Waals surface area contributed by atoms with Crippen molar-refractivity contribution in [3.63, 3.8) is 0 Å². The van der Waals surface area contributed by atoms with E-state index in [2.05, 4.69) is 46.0 Å². The largest absolute Gasteiger partial charge is 0.459 e. The van der Waals surface area contributed by atoms with Crippen LogP contribution in [0.4, 0.5) is 0 Å². The lowest BCUT2D eigenvalue weighted by atomic mass is 10.1. The van der Waals surface area contributed by atoms with Crippen molar-refractivity contribution in [2.24, 2.45) is 5.92 Å². The summed E-state index contributed by atoms with van der Waals surface area (Å²) in [6.45, 7) is 12.1. The predicted octanol–water partition coefficient (Wildman–Crippen LogP) is 4.49. The number of hydrogen-bond acceptors (Lipinski definition) is 3. The average molecular weight is 289 g/mol. The third kappa shape index (κ3) is 4.08. The Bertz CT molecular complexity index is 572. The van der Waals surface area contributed by atoms with Crippen LogP contribution < -0.4 is 5.32 Å². The monoisotopic (exact) mass is 289 g/mol. The topological polar surface area (TPSA) is 34.4 Å². The lowest BCUT2D eigenvalue weighted by Gasteiger charge is -2.17. The summed E-state index contributed by atoms with van der Waals surface area (Å²) in [7, 11) is 0. The highest BCUT2D eigenvalue weighted by Crippen LogP contribution is 2.27. The maximum atomic E-state index is 6.02. The molecule has 0 aliphatic heterocycles. The maximum Gasteiger partial charge on any atom is 0.134 e.